The zero-order valence-corrected chi connectivity index (χ0v) is 13.3. The minimum Gasteiger partial charge on any atom is -0.184 e. The van der Waals surface area contributed by atoms with Crippen LogP contribution < -0.4 is 0 Å². The summed E-state index contributed by atoms with van der Waals surface area (Å²) in [5, 5.41) is 0. The predicted molar refractivity (Wildman–Crippen MR) is 80.5 cm³/mol. The van der Waals surface area contributed by atoms with Gasteiger partial charge in [0.2, 0.25) is 0 Å². The summed E-state index contributed by atoms with van der Waals surface area (Å²) in [6.07, 6.45) is 10.0. The first-order chi connectivity index (χ1) is 7.18. The third-order valence-electron chi connectivity index (χ3n) is 3.15. The van der Waals surface area contributed by atoms with Crippen LogP contribution >= 0.6 is 23.3 Å². The van der Waals surface area contributed by atoms with Gasteiger partial charge in [0.1, 0.15) is 0 Å². The SMILES string of the molecule is CCCCCCCCCS(Br)(CC)CC. The lowest BCUT2D eigenvalue weighted by Gasteiger charge is -2.30. The van der Waals surface area contributed by atoms with Gasteiger partial charge in [0.15, 0.2) is 0 Å². The van der Waals surface area contributed by atoms with Crippen molar-refractivity contribution in [2.75, 3.05) is 17.3 Å². The highest BCUT2D eigenvalue weighted by atomic mass is 79.9. The second kappa shape index (κ2) is 10.0. The maximum Gasteiger partial charge on any atom is -0.0136 e. The number of hydrogen-bond acceptors (Lipinski definition) is 0. The van der Waals surface area contributed by atoms with Crippen LogP contribution in [0.15, 0.2) is 0 Å². The van der Waals surface area contributed by atoms with Crippen molar-refractivity contribution in [3.8, 4) is 0 Å². The van der Waals surface area contributed by atoms with E-state index in [1.165, 1.54) is 62.2 Å². The van der Waals surface area contributed by atoms with E-state index in [0.717, 1.165) is 0 Å². The fourth-order valence-corrected chi connectivity index (χ4v) is 4.20. The van der Waals surface area contributed by atoms with Gasteiger partial charge in [-0.1, -0.05) is 59.3 Å². The lowest BCUT2D eigenvalue weighted by atomic mass is 10.1. The van der Waals surface area contributed by atoms with Crippen molar-refractivity contribution in [2.45, 2.75) is 65.7 Å². The molecular formula is C13H29BrS. The van der Waals surface area contributed by atoms with Gasteiger partial charge in [0.05, 0.1) is 0 Å². The molecule has 0 atom stereocenters. The predicted octanol–water partition coefficient (Wildman–Crippen LogP) is 5.89. The fourth-order valence-electron chi connectivity index (χ4n) is 1.81. The van der Waals surface area contributed by atoms with Gasteiger partial charge in [0.25, 0.3) is 0 Å². The van der Waals surface area contributed by atoms with E-state index >= 15 is 0 Å². The molecule has 0 bridgehead atoms. The molecule has 0 spiro atoms. The van der Waals surface area contributed by atoms with E-state index in [1.54, 1.807) is 0 Å². The molecule has 0 aromatic heterocycles. The van der Waals surface area contributed by atoms with Crippen LogP contribution in [-0.4, -0.2) is 17.3 Å². The minimum atomic E-state index is -0.400. The van der Waals surface area contributed by atoms with Crippen LogP contribution in [-0.2, 0) is 0 Å². The Hall–Kier alpha value is 0.830. The molecule has 0 heterocycles. The van der Waals surface area contributed by atoms with Crippen LogP contribution in [0.1, 0.15) is 65.7 Å². The summed E-state index contributed by atoms with van der Waals surface area (Å²) >= 11 is 3.96. The van der Waals surface area contributed by atoms with Crippen LogP contribution in [0.3, 0.4) is 0 Å². The Morgan fingerprint density at radius 2 is 1.20 bits per heavy atom. The minimum absolute atomic E-state index is 0.400. The quantitative estimate of drug-likeness (QED) is 0.441. The summed E-state index contributed by atoms with van der Waals surface area (Å²) in [5.41, 5.74) is 0. The topological polar surface area (TPSA) is 0 Å². The highest BCUT2D eigenvalue weighted by Crippen LogP contribution is 2.55. The van der Waals surface area contributed by atoms with Crippen LogP contribution in [0.5, 0.6) is 0 Å². The molecule has 0 aliphatic rings. The van der Waals surface area contributed by atoms with Crippen molar-refractivity contribution < 1.29 is 0 Å². The molecular weight excluding hydrogens is 268 g/mol. The van der Waals surface area contributed by atoms with Gasteiger partial charge >= 0.3 is 0 Å². The Kier molecular flexibility index (Phi) is 10.6. The van der Waals surface area contributed by atoms with E-state index < -0.39 is 8.46 Å². The second-order valence-electron chi connectivity index (χ2n) is 4.34. The van der Waals surface area contributed by atoms with E-state index in [2.05, 4.69) is 35.6 Å². The summed E-state index contributed by atoms with van der Waals surface area (Å²) in [6.45, 7) is 6.94. The maximum atomic E-state index is 3.96. The van der Waals surface area contributed by atoms with Crippen molar-refractivity contribution in [3.63, 3.8) is 0 Å². The first-order valence-electron chi connectivity index (χ1n) is 6.64. The summed E-state index contributed by atoms with van der Waals surface area (Å²) in [7, 11) is -0.400. The molecule has 0 nitrogen and oxygen atoms in total. The molecule has 2 heteroatoms. The zero-order valence-electron chi connectivity index (χ0n) is 10.9. The molecule has 0 saturated heterocycles. The lowest BCUT2D eigenvalue weighted by molar-refractivity contribution is 0.603. The van der Waals surface area contributed by atoms with Crippen molar-refractivity contribution in [3.05, 3.63) is 0 Å². The normalized spacial score (nSPS) is 13.1. The number of halogens is 1. The van der Waals surface area contributed by atoms with Crippen LogP contribution in [0.4, 0.5) is 0 Å². The van der Waals surface area contributed by atoms with Gasteiger partial charge in [0, 0.05) is 0 Å². The smallest absolute Gasteiger partial charge is 0.0136 e. The van der Waals surface area contributed by atoms with Gasteiger partial charge in [-0.25, -0.2) is 0 Å². The maximum absolute atomic E-state index is 3.96. The highest BCUT2D eigenvalue weighted by molar-refractivity contribution is 9.58. The Bertz CT molecular complexity index is 132. The Labute approximate surface area is 106 Å². The van der Waals surface area contributed by atoms with Gasteiger partial charge in [-0.05, 0) is 38.5 Å². The van der Waals surface area contributed by atoms with E-state index in [1.807, 2.05) is 0 Å². The molecule has 0 saturated carbocycles. The molecule has 0 aromatic carbocycles. The van der Waals surface area contributed by atoms with Crippen molar-refractivity contribution in [1.82, 2.24) is 0 Å². The average Bonchev–Trinajstić information content (AvgIpc) is 2.27. The van der Waals surface area contributed by atoms with Crippen molar-refractivity contribution in [1.29, 1.82) is 0 Å². The van der Waals surface area contributed by atoms with Crippen LogP contribution in [0.25, 0.3) is 0 Å². The Morgan fingerprint density at radius 3 is 1.67 bits per heavy atom. The molecule has 0 N–H and O–H groups in total. The highest BCUT2D eigenvalue weighted by Gasteiger charge is 2.14. The average molecular weight is 297 g/mol. The molecule has 0 unspecified atom stereocenters. The molecule has 15 heavy (non-hydrogen) atoms. The Morgan fingerprint density at radius 1 is 0.733 bits per heavy atom. The van der Waals surface area contributed by atoms with Gasteiger partial charge < -0.3 is 0 Å². The molecule has 0 amide bonds. The second-order valence-corrected chi connectivity index (χ2v) is 11.9. The van der Waals surface area contributed by atoms with Gasteiger partial charge in [-0.2, -0.15) is 8.46 Å². The van der Waals surface area contributed by atoms with E-state index in [-0.39, 0.29) is 0 Å². The van der Waals surface area contributed by atoms with Gasteiger partial charge in [-0.3, -0.25) is 0 Å². The lowest BCUT2D eigenvalue weighted by Crippen LogP contribution is -2.03. The zero-order chi connectivity index (χ0) is 11.6. The summed E-state index contributed by atoms with van der Waals surface area (Å²) < 4.78 is 0. The third kappa shape index (κ3) is 8.62. The monoisotopic (exact) mass is 296 g/mol. The largest absolute Gasteiger partial charge is 0.184 e. The molecule has 0 aliphatic carbocycles. The number of rotatable bonds is 10. The summed E-state index contributed by atoms with van der Waals surface area (Å²) in [5.74, 6) is 4.13. The molecule has 94 valence electrons. The molecule has 0 aliphatic heterocycles. The Balaban J connectivity index is 3.29. The first kappa shape index (κ1) is 15.8. The molecule has 0 aromatic rings. The van der Waals surface area contributed by atoms with E-state index in [9.17, 15) is 0 Å². The molecule has 0 radical (unpaired) electrons. The van der Waals surface area contributed by atoms with Crippen LogP contribution in [0.2, 0.25) is 0 Å². The number of unbranched alkanes of at least 4 members (excludes halogenated alkanes) is 6. The van der Waals surface area contributed by atoms with Crippen molar-refractivity contribution >= 4 is 23.3 Å². The first-order valence-corrected chi connectivity index (χ1v) is 10.6. The molecule has 0 fully saturated rings. The standard InChI is InChI=1S/C13H29BrS/c1-4-7-8-9-10-11-12-13-15(14,5-2)6-3/h4-13H2,1-3H3. The van der Waals surface area contributed by atoms with Gasteiger partial charge in [-0.15, -0.1) is 0 Å². The van der Waals surface area contributed by atoms with E-state index in [4.69, 9.17) is 0 Å². The summed E-state index contributed by atoms with van der Waals surface area (Å²) in [4.78, 5) is 0. The van der Waals surface area contributed by atoms with Crippen molar-refractivity contribution in [2.24, 2.45) is 0 Å². The fraction of sp³-hybridized carbons (Fsp3) is 1.00. The van der Waals surface area contributed by atoms with Crippen LogP contribution in [0, 0.1) is 0 Å². The third-order valence-corrected chi connectivity index (χ3v) is 9.96. The van der Waals surface area contributed by atoms with E-state index in [0.29, 0.717) is 0 Å². The summed E-state index contributed by atoms with van der Waals surface area (Å²) in [6, 6.07) is 0. The molecule has 0 rings (SSSR count). The number of hydrogen-bond donors (Lipinski definition) is 0.